The molecule has 0 bridgehead atoms. The molecule has 0 aliphatic carbocycles. The molecule has 0 aromatic carbocycles. The lowest BCUT2D eigenvalue weighted by atomic mass is 10.0. The standard InChI is InChI=1S/C9H17NO3/c1-6(11)7(5-8(12)13)10-9(2,3)4/h7,10H,5H2,1-4H3,(H,12,13)/t7-/m0/s1. The zero-order chi connectivity index (χ0) is 10.6. The number of carbonyl (C=O) groups excluding carboxylic acids is 1. The molecule has 0 aromatic rings. The molecular formula is C9H17NO3. The number of hydrogen-bond donors (Lipinski definition) is 2. The van der Waals surface area contributed by atoms with Gasteiger partial charge in [0.05, 0.1) is 12.5 Å². The Balaban J connectivity index is 4.27. The molecule has 0 saturated carbocycles. The number of ketones is 1. The van der Waals surface area contributed by atoms with Gasteiger partial charge in [-0.2, -0.15) is 0 Å². The molecule has 76 valence electrons. The summed E-state index contributed by atoms with van der Waals surface area (Å²) in [6.45, 7) is 7.08. The van der Waals surface area contributed by atoms with Crippen LogP contribution in [-0.4, -0.2) is 28.4 Å². The summed E-state index contributed by atoms with van der Waals surface area (Å²) >= 11 is 0. The third-order valence-electron chi connectivity index (χ3n) is 1.48. The highest BCUT2D eigenvalue weighted by Gasteiger charge is 2.22. The first-order valence-corrected chi connectivity index (χ1v) is 4.22. The molecular weight excluding hydrogens is 170 g/mol. The van der Waals surface area contributed by atoms with Crippen molar-refractivity contribution < 1.29 is 14.7 Å². The molecule has 0 amide bonds. The van der Waals surface area contributed by atoms with Crippen LogP contribution in [0.4, 0.5) is 0 Å². The monoisotopic (exact) mass is 187 g/mol. The summed E-state index contributed by atoms with van der Waals surface area (Å²) in [5, 5.41) is 11.5. The summed E-state index contributed by atoms with van der Waals surface area (Å²) < 4.78 is 0. The quantitative estimate of drug-likeness (QED) is 0.683. The fourth-order valence-electron chi connectivity index (χ4n) is 0.994. The van der Waals surface area contributed by atoms with E-state index in [4.69, 9.17) is 5.11 Å². The van der Waals surface area contributed by atoms with Gasteiger partial charge in [-0.25, -0.2) is 0 Å². The van der Waals surface area contributed by atoms with Crippen LogP contribution in [0.3, 0.4) is 0 Å². The normalized spacial score (nSPS) is 13.8. The Morgan fingerprint density at radius 2 is 1.85 bits per heavy atom. The maximum Gasteiger partial charge on any atom is 0.305 e. The van der Waals surface area contributed by atoms with E-state index in [0.29, 0.717) is 0 Å². The van der Waals surface area contributed by atoms with E-state index < -0.39 is 12.0 Å². The van der Waals surface area contributed by atoms with Crippen molar-refractivity contribution in [3.63, 3.8) is 0 Å². The minimum absolute atomic E-state index is 0.141. The van der Waals surface area contributed by atoms with Crippen LogP contribution in [0.25, 0.3) is 0 Å². The zero-order valence-corrected chi connectivity index (χ0v) is 8.55. The van der Waals surface area contributed by atoms with Crippen LogP contribution < -0.4 is 5.32 Å². The Hall–Kier alpha value is -0.900. The fraction of sp³-hybridized carbons (Fsp3) is 0.778. The third kappa shape index (κ3) is 6.28. The van der Waals surface area contributed by atoms with Crippen LogP contribution in [-0.2, 0) is 9.59 Å². The molecule has 0 spiro atoms. The van der Waals surface area contributed by atoms with Crippen molar-refractivity contribution in [3.8, 4) is 0 Å². The van der Waals surface area contributed by atoms with E-state index in [-0.39, 0.29) is 17.7 Å². The van der Waals surface area contributed by atoms with Crippen molar-refractivity contribution in [2.45, 2.75) is 45.7 Å². The molecule has 0 saturated heterocycles. The molecule has 0 aliphatic heterocycles. The number of rotatable bonds is 4. The number of carbonyl (C=O) groups is 2. The van der Waals surface area contributed by atoms with Gasteiger partial charge in [0, 0.05) is 5.54 Å². The Morgan fingerprint density at radius 1 is 1.38 bits per heavy atom. The molecule has 1 atom stereocenters. The number of carboxylic acid groups (broad SMARTS) is 1. The predicted octanol–water partition coefficient (Wildman–Crippen LogP) is 0.807. The first-order chi connectivity index (χ1) is 5.72. The Morgan fingerprint density at radius 3 is 2.08 bits per heavy atom. The smallest absolute Gasteiger partial charge is 0.305 e. The van der Waals surface area contributed by atoms with Crippen molar-refractivity contribution >= 4 is 11.8 Å². The molecule has 13 heavy (non-hydrogen) atoms. The summed E-state index contributed by atoms with van der Waals surface area (Å²) in [6, 6.07) is -0.586. The zero-order valence-electron chi connectivity index (χ0n) is 8.55. The molecule has 4 heteroatoms. The minimum atomic E-state index is -0.961. The fourth-order valence-corrected chi connectivity index (χ4v) is 0.994. The average Bonchev–Trinajstić information content (AvgIpc) is 1.81. The summed E-state index contributed by atoms with van der Waals surface area (Å²) in [7, 11) is 0. The average molecular weight is 187 g/mol. The second kappa shape index (κ2) is 4.37. The van der Waals surface area contributed by atoms with Crippen LogP contribution >= 0.6 is 0 Å². The van der Waals surface area contributed by atoms with E-state index >= 15 is 0 Å². The lowest BCUT2D eigenvalue weighted by Gasteiger charge is -2.25. The number of aliphatic carboxylic acids is 1. The van der Waals surface area contributed by atoms with E-state index in [0.717, 1.165) is 0 Å². The van der Waals surface area contributed by atoms with Gasteiger partial charge in [-0.05, 0) is 27.7 Å². The van der Waals surface area contributed by atoms with E-state index in [2.05, 4.69) is 5.32 Å². The summed E-state index contributed by atoms with van der Waals surface area (Å²) in [4.78, 5) is 21.4. The second-order valence-electron chi connectivity index (χ2n) is 4.16. The van der Waals surface area contributed by atoms with Gasteiger partial charge in [0.1, 0.15) is 5.78 Å². The van der Waals surface area contributed by atoms with Crippen LogP contribution in [0, 0.1) is 0 Å². The molecule has 0 aromatic heterocycles. The molecule has 2 N–H and O–H groups in total. The first kappa shape index (κ1) is 12.1. The Bertz CT molecular complexity index is 205. The van der Waals surface area contributed by atoms with Crippen LogP contribution in [0.1, 0.15) is 34.1 Å². The highest BCUT2D eigenvalue weighted by Crippen LogP contribution is 2.04. The maximum atomic E-state index is 11.0. The molecule has 0 fully saturated rings. The van der Waals surface area contributed by atoms with Crippen molar-refractivity contribution in [1.82, 2.24) is 5.32 Å². The number of carboxylic acids is 1. The van der Waals surface area contributed by atoms with E-state index in [1.165, 1.54) is 6.92 Å². The van der Waals surface area contributed by atoms with Gasteiger partial charge < -0.3 is 10.4 Å². The van der Waals surface area contributed by atoms with Gasteiger partial charge in [0.15, 0.2) is 0 Å². The van der Waals surface area contributed by atoms with Gasteiger partial charge in [-0.3, -0.25) is 9.59 Å². The second-order valence-corrected chi connectivity index (χ2v) is 4.16. The molecule has 0 heterocycles. The third-order valence-corrected chi connectivity index (χ3v) is 1.48. The van der Waals surface area contributed by atoms with E-state index in [1.54, 1.807) is 0 Å². The Labute approximate surface area is 78.3 Å². The van der Waals surface area contributed by atoms with Gasteiger partial charge in [0.25, 0.3) is 0 Å². The summed E-state index contributed by atoms with van der Waals surface area (Å²) in [5.74, 6) is -1.10. The molecule has 0 unspecified atom stereocenters. The lowest BCUT2D eigenvalue weighted by molar-refractivity contribution is -0.139. The molecule has 0 rings (SSSR count). The minimum Gasteiger partial charge on any atom is -0.481 e. The number of hydrogen-bond acceptors (Lipinski definition) is 3. The van der Waals surface area contributed by atoms with Gasteiger partial charge in [-0.15, -0.1) is 0 Å². The summed E-state index contributed by atoms with van der Waals surface area (Å²) in [6.07, 6.45) is -0.160. The summed E-state index contributed by atoms with van der Waals surface area (Å²) in [5.41, 5.74) is -0.244. The topological polar surface area (TPSA) is 66.4 Å². The van der Waals surface area contributed by atoms with Gasteiger partial charge in [0.2, 0.25) is 0 Å². The predicted molar refractivity (Wildman–Crippen MR) is 49.6 cm³/mol. The highest BCUT2D eigenvalue weighted by molar-refractivity contribution is 5.85. The van der Waals surface area contributed by atoms with Crippen LogP contribution in [0.2, 0.25) is 0 Å². The molecule has 0 aliphatic rings. The lowest BCUT2D eigenvalue weighted by Crippen LogP contribution is -2.47. The van der Waals surface area contributed by atoms with Crippen LogP contribution in [0.5, 0.6) is 0 Å². The maximum absolute atomic E-state index is 11.0. The SMILES string of the molecule is CC(=O)[C@H](CC(=O)O)NC(C)(C)C. The number of Topliss-reactive ketones (excluding diaryl/α,β-unsaturated/α-hetero) is 1. The van der Waals surface area contributed by atoms with Crippen molar-refractivity contribution in [1.29, 1.82) is 0 Å². The van der Waals surface area contributed by atoms with Crippen molar-refractivity contribution in [2.24, 2.45) is 0 Å². The number of nitrogens with one attached hydrogen (secondary N) is 1. The largest absolute Gasteiger partial charge is 0.481 e. The van der Waals surface area contributed by atoms with E-state index in [9.17, 15) is 9.59 Å². The van der Waals surface area contributed by atoms with E-state index in [1.807, 2.05) is 20.8 Å². The molecule has 0 radical (unpaired) electrons. The van der Waals surface area contributed by atoms with Crippen molar-refractivity contribution in [3.05, 3.63) is 0 Å². The first-order valence-electron chi connectivity index (χ1n) is 4.22. The molecule has 4 nitrogen and oxygen atoms in total. The highest BCUT2D eigenvalue weighted by atomic mass is 16.4. The Kier molecular flexibility index (Phi) is 4.07. The van der Waals surface area contributed by atoms with Gasteiger partial charge >= 0.3 is 5.97 Å². The van der Waals surface area contributed by atoms with Crippen LogP contribution in [0.15, 0.2) is 0 Å². The van der Waals surface area contributed by atoms with Crippen molar-refractivity contribution in [2.75, 3.05) is 0 Å². The van der Waals surface area contributed by atoms with Gasteiger partial charge in [-0.1, -0.05) is 0 Å².